The van der Waals surface area contributed by atoms with Gasteiger partial charge in [0.05, 0.1) is 12.1 Å². The first-order valence-corrected chi connectivity index (χ1v) is 7.27. The first kappa shape index (κ1) is 17.4. The molecule has 0 amide bonds. The van der Waals surface area contributed by atoms with Crippen LogP contribution < -0.4 is 4.72 Å². The maximum absolute atomic E-state index is 13.5. The van der Waals surface area contributed by atoms with Crippen LogP contribution in [-0.2, 0) is 15.1 Å². The molecule has 0 unspecified atom stereocenters. The van der Waals surface area contributed by atoms with Crippen LogP contribution in [0.2, 0.25) is 0 Å². The molecule has 0 fully saturated rings. The first-order chi connectivity index (χ1) is 9.22. The molecule has 0 aromatic carbocycles. The van der Waals surface area contributed by atoms with Crippen LogP contribution in [0.15, 0.2) is 22.8 Å². The predicted octanol–water partition coefficient (Wildman–Crippen LogP) is 3.18. The summed E-state index contributed by atoms with van der Waals surface area (Å²) in [6.07, 6.45) is 1.33. The number of carbonyl (C=O) groups excluding carboxylic acids is 1. The van der Waals surface area contributed by atoms with E-state index >= 15 is 0 Å². The minimum atomic E-state index is -1.31. The van der Waals surface area contributed by atoms with E-state index in [9.17, 15) is 9.18 Å². The number of esters is 1. The maximum Gasteiger partial charge on any atom is 0.308 e. The number of hydrogen-bond acceptors (Lipinski definition) is 5. The minimum absolute atomic E-state index is 0.201. The first-order valence-electron chi connectivity index (χ1n) is 6.03. The number of thiol groups is 1. The standard InChI is InChI=1S/C13H18BrFN2O2S/c1-12(2,3)19-11(18)7-13(8-15,17-20)10-6-9(14)4-5-16-10/h4-6,17,20H,7-8H2,1-3H3/t13-/m1/s1. The molecule has 0 bridgehead atoms. The number of pyridine rings is 1. The van der Waals surface area contributed by atoms with Gasteiger partial charge in [0.15, 0.2) is 0 Å². The molecule has 4 nitrogen and oxygen atoms in total. The lowest BCUT2D eigenvalue weighted by atomic mass is 9.93. The van der Waals surface area contributed by atoms with Gasteiger partial charge in [-0.05, 0) is 32.9 Å². The molecular weight excluding hydrogens is 347 g/mol. The summed E-state index contributed by atoms with van der Waals surface area (Å²) in [5, 5.41) is 0. The lowest BCUT2D eigenvalue weighted by Crippen LogP contribution is -2.43. The predicted molar refractivity (Wildman–Crippen MR) is 82.2 cm³/mol. The number of nitrogens with zero attached hydrogens (tertiary/aromatic N) is 1. The van der Waals surface area contributed by atoms with Crippen LogP contribution in [0.4, 0.5) is 4.39 Å². The number of hydrogen-bond donors (Lipinski definition) is 2. The molecule has 112 valence electrons. The summed E-state index contributed by atoms with van der Waals surface area (Å²) < 4.78 is 22.1. The van der Waals surface area contributed by atoms with Crippen LogP contribution in [0.1, 0.15) is 32.9 Å². The van der Waals surface area contributed by atoms with Gasteiger partial charge in [-0.15, -0.1) is 0 Å². The van der Waals surface area contributed by atoms with Gasteiger partial charge in [-0.3, -0.25) is 14.5 Å². The van der Waals surface area contributed by atoms with Gasteiger partial charge in [-0.1, -0.05) is 28.7 Å². The second-order valence-electron chi connectivity index (χ2n) is 5.45. The third kappa shape index (κ3) is 4.71. The van der Waals surface area contributed by atoms with Crippen molar-refractivity contribution in [1.29, 1.82) is 0 Å². The Balaban J connectivity index is 3.01. The molecular formula is C13H18BrFN2O2S. The van der Waals surface area contributed by atoms with Crippen molar-refractivity contribution in [3.05, 3.63) is 28.5 Å². The molecule has 0 aliphatic carbocycles. The highest BCUT2D eigenvalue weighted by atomic mass is 79.9. The molecule has 1 aromatic heterocycles. The van der Waals surface area contributed by atoms with Gasteiger partial charge < -0.3 is 4.74 Å². The smallest absolute Gasteiger partial charge is 0.308 e. The van der Waals surface area contributed by atoms with E-state index in [-0.39, 0.29) is 6.42 Å². The van der Waals surface area contributed by atoms with Crippen molar-refractivity contribution < 1.29 is 13.9 Å². The van der Waals surface area contributed by atoms with Crippen molar-refractivity contribution in [3.63, 3.8) is 0 Å². The number of alkyl halides is 1. The van der Waals surface area contributed by atoms with Crippen LogP contribution in [0.25, 0.3) is 0 Å². The van der Waals surface area contributed by atoms with Gasteiger partial charge in [0.2, 0.25) is 0 Å². The average Bonchev–Trinajstić information content (AvgIpc) is 2.34. The Morgan fingerprint density at radius 3 is 2.65 bits per heavy atom. The second kappa shape index (κ2) is 6.87. The van der Waals surface area contributed by atoms with Crippen molar-refractivity contribution in [2.75, 3.05) is 6.67 Å². The minimum Gasteiger partial charge on any atom is -0.460 e. The Labute approximate surface area is 132 Å². The number of nitrogens with one attached hydrogen (secondary N) is 1. The zero-order valence-electron chi connectivity index (χ0n) is 11.6. The van der Waals surface area contributed by atoms with E-state index in [2.05, 4.69) is 38.5 Å². The number of aromatic nitrogens is 1. The number of rotatable bonds is 5. The molecule has 1 atom stereocenters. The average molecular weight is 365 g/mol. The second-order valence-corrected chi connectivity index (χ2v) is 6.59. The van der Waals surface area contributed by atoms with E-state index in [0.29, 0.717) is 5.69 Å². The van der Waals surface area contributed by atoms with Crippen molar-refractivity contribution in [3.8, 4) is 0 Å². The lowest BCUT2D eigenvalue weighted by Gasteiger charge is -2.30. The zero-order chi connectivity index (χ0) is 15.4. The van der Waals surface area contributed by atoms with Crippen LogP contribution in [0.3, 0.4) is 0 Å². The van der Waals surface area contributed by atoms with Crippen molar-refractivity contribution in [1.82, 2.24) is 9.71 Å². The van der Waals surface area contributed by atoms with Gasteiger partial charge in [0.25, 0.3) is 0 Å². The van der Waals surface area contributed by atoms with Crippen LogP contribution in [0.5, 0.6) is 0 Å². The summed E-state index contributed by atoms with van der Waals surface area (Å²) in [6, 6.07) is 3.37. The molecule has 0 aliphatic heterocycles. The molecule has 1 rings (SSSR count). The van der Waals surface area contributed by atoms with Gasteiger partial charge in [0.1, 0.15) is 17.8 Å². The number of carbonyl (C=O) groups is 1. The summed E-state index contributed by atoms with van der Waals surface area (Å²) in [6.45, 7) is 4.44. The monoisotopic (exact) mass is 364 g/mol. The van der Waals surface area contributed by atoms with Crippen molar-refractivity contribution in [2.24, 2.45) is 0 Å². The molecule has 0 radical (unpaired) electrons. The molecule has 1 heterocycles. The molecule has 0 aliphatic rings. The fourth-order valence-corrected chi connectivity index (χ4v) is 2.21. The molecule has 1 aromatic rings. The number of halogens is 2. The highest BCUT2D eigenvalue weighted by molar-refractivity contribution is 9.10. The van der Waals surface area contributed by atoms with Gasteiger partial charge in [-0.2, -0.15) is 0 Å². The van der Waals surface area contributed by atoms with E-state index < -0.39 is 23.8 Å². The van der Waals surface area contributed by atoms with E-state index in [1.54, 1.807) is 32.9 Å². The zero-order valence-corrected chi connectivity index (χ0v) is 14.1. The molecule has 0 saturated heterocycles. The fraction of sp³-hybridized carbons (Fsp3) is 0.538. The highest BCUT2D eigenvalue weighted by Gasteiger charge is 2.37. The van der Waals surface area contributed by atoms with Gasteiger partial charge >= 0.3 is 5.97 Å². The van der Waals surface area contributed by atoms with Crippen molar-refractivity contribution >= 4 is 34.7 Å². The molecule has 0 saturated carbocycles. The van der Waals surface area contributed by atoms with Crippen LogP contribution in [-0.4, -0.2) is 23.2 Å². The third-order valence-electron chi connectivity index (χ3n) is 2.52. The summed E-state index contributed by atoms with van der Waals surface area (Å²) in [5.74, 6) is -0.515. The van der Waals surface area contributed by atoms with E-state index in [0.717, 1.165) is 4.47 Å². The SMILES string of the molecule is CC(C)(C)OC(=O)C[C@](CF)(NS)c1cc(Br)ccn1. The molecule has 7 heteroatoms. The molecule has 1 N–H and O–H groups in total. The summed E-state index contributed by atoms with van der Waals surface area (Å²) >= 11 is 7.26. The fourth-order valence-electron chi connectivity index (χ4n) is 1.62. The van der Waals surface area contributed by atoms with E-state index in [1.165, 1.54) is 6.20 Å². The maximum atomic E-state index is 13.5. The Kier molecular flexibility index (Phi) is 5.97. The van der Waals surface area contributed by atoms with Crippen molar-refractivity contribution in [2.45, 2.75) is 38.3 Å². The summed E-state index contributed by atoms with van der Waals surface area (Å²) in [4.78, 5) is 16.1. The Morgan fingerprint density at radius 1 is 1.55 bits per heavy atom. The van der Waals surface area contributed by atoms with Crippen LogP contribution in [0, 0.1) is 0 Å². The Hall–Kier alpha value is -0.660. The molecule has 0 spiro atoms. The summed E-state index contributed by atoms with van der Waals surface area (Å²) in [5.41, 5.74) is -1.55. The van der Waals surface area contributed by atoms with Gasteiger partial charge in [0, 0.05) is 10.7 Å². The Morgan fingerprint density at radius 2 is 2.20 bits per heavy atom. The number of ether oxygens (including phenoxy) is 1. The topological polar surface area (TPSA) is 51.2 Å². The quantitative estimate of drug-likeness (QED) is 0.622. The van der Waals surface area contributed by atoms with E-state index in [4.69, 9.17) is 4.74 Å². The highest BCUT2D eigenvalue weighted by Crippen LogP contribution is 2.28. The largest absolute Gasteiger partial charge is 0.460 e. The normalized spacial score (nSPS) is 14.7. The van der Waals surface area contributed by atoms with E-state index in [1.807, 2.05) is 0 Å². The summed E-state index contributed by atoms with van der Waals surface area (Å²) in [7, 11) is 0. The van der Waals surface area contributed by atoms with Gasteiger partial charge in [-0.25, -0.2) is 4.39 Å². The lowest BCUT2D eigenvalue weighted by molar-refractivity contribution is -0.156. The third-order valence-corrected chi connectivity index (χ3v) is 3.44. The Bertz CT molecular complexity index is 476. The van der Waals surface area contributed by atoms with Crippen LogP contribution >= 0.6 is 28.7 Å². The molecule has 20 heavy (non-hydrogen) atoms.